The molecule has 3 aromatic rings. The number of carbonyl (C=O) groups excluding carboxylic acids is 1. The lowest BCUT2D eigenvalue weighted by atomic mass is 10.3. The van der Waals surface area contributed by atoms with Gasteiger partial charge in [0.25, 0.3) is 5.91 Å². The van der Waals surface area contributed by atoms with Crippen LogP contribution >= 0.6 is 27.3 Å². The summed E-state index contributed by atoms with van der Waals surface area (Å²) in [5.74, 6) is 0.730. The Morgan fingerprint density at radius 1 is 1.21 bits per heavy atom. The van der Waals surface area contributed by atoms with Crippen molar-refractivity contribution in [1.29, 1.82) is 0 Å². The molecule has 0 saturated carbocycles. The molecule has 1 amide bonds. The second-order valence-electron chi connectivity index (χ2n) is 5.79. The standard InChI is InChI=1S/C20H21BrN2O4S/c1-3-26-11-10-23-15-9-8-14(21)12-18(15)28-20(23)22-19(24)13-27-17-7-5-4-6-16(17)25-2/h4-9,12H,3,10-11,13H2,1-2H3. The number of hydrogen-bond acceptors (Lipinski definition) is 5. The van der Waals surface area contributed by atoms with E-state index in [1.807, 2.05) is 41.8 Å². The molecule has 8 heteroatoms. The fourth-order valence-electron chi connectivity index (χ4n) is 2.67. The van der Waals surface area contributed by atoms with Crippen molar-refractivity contribution in [2.45, 2.75) is 13.5 Å². The lowest BCUT2D eigenvalue weighted by Crippen LogP contribution is -2.21. The predicted octanol–water partition coefficient (Wildman–Crippen LogP) is 4.02. The molecule has 0 radical (unpaired) electrons. The third-order valence-corrected chi connectivity index (χ3v) is 5.48. The van der Waals surface area contributed by atoms with Gasteiger partial charge in [-0.05, 0) is 37.3 Å². The largest absolute Gasteiger partial charge is 0.493 e. The molecule has 0 unspecified atom stereocenters. The number of carbonyl (C=O) groups is 1. The van der Waals surface area contributed by atoms with Crippen molar-refractivity contribution in [3.63, 3.8) is 0 Å². The number of aromatic nitrogens is 1. The van der Waals surface area contributed by atoms with Crippen LogP contribution in [0.3, 0.4) is 0 Å². The van der Waals surface area contributed by atoms with Gasteiger partial charge in [0.1, 0.15) is 0 Å². The van der Waals surface area contributed by atoms with Crippen molar-refractivity contribution in [2.75, 3.05) is 26.9 Å². The average Bonchev–Trinajstić information content (AvgIpc) is 3.02. The SMILES string of the molecule is CCOCCn1c(=NC(=O)COc2ccccc2OC)sc2cc(Br)ccc21. The van der Waals surface area contributed by atoms with Gasteiger partial charge in [-0.1, -0.05) is 39.4 Å². The number of benzene rings is 2. The normalized spacial score (nSPS) is 11.8. The molecular weight excluding hydrogens is 444 g/mol. The van der Waals surface area contributed by atoms with Gasteiger partial charge in [-0.15, -0.1) is 0 Å². The molecule has 0 saturated heterocycles. The number of para-hydroxylation sites is 2. The fraction of sp³-hybridized carbons (Fsp3) is 0.300. The molecule has 0 bridgehead atoms. The maximum atomic E-state index is 12.4. The molecule has 0 aliphatic carbocycles. The highest BCUT2D eigenvalue weighted by Gasteiger charge is 2.10. The van der Waals surface area contributed by atoms with Crippen LogP contribution in [0.15, 0.2) is 51.9 Å². The van der Waals surface area contributed by atoms with Crippen LogP contribution in [-0.2, 0) is 16.1 Å². The lowest BCUT2D eigenvalue weighted by Gasteiger charge is -2.08. The molecule has 0 aliphatic heterocycles. The zero-order chi connectivity index (χ0) is 19.9. The Morgan fingerprint density at radius 2 is 2.00 bits per heavy atom. The third-order valence-electron chi connectivity index (χ3n) is 3.95. The van der Waals surface area contributed by atoms with E-state index in [4.69, 9.17) is 14.2 Å². The lowest BCUT2D eigenvalue weighted by molar-refractivity contribution is -0.120. The minimum Gasteiger partial charge on any atom is -0.493 e. The third kappa shape index (κ3) is 5.01. The number of ether oxygens (including phenoxy) is 3. The van der Waals surface area contributed by atoms with E-state index < -0.39 is 0 Å². The van der Waals surface area contributed by atoms with Gasteiger partial charge in [0, 0.05) is 17.6 Å². The van der Waals surface area contributed by atoms with Crippen LogP contribution in [0.1, 0.15) is 6.92 Å². The molecule has 28 heavy (non-hydrogen) atoms. The van der Waals surface area contributed by atoms with Crippen molar-refractivity contribution < 1.29 is 19.0 Å². The molecule has 0 aliphatic rings. The average molecular weight is 465 g/mol. The number of thiazole rings is 1. The second-order valence-corrected chi connectivity index (χ2v) is 7.72. The summed E-state index contributed by atoms with van der Waals surface area (Å²) in [6.07, 6.45) is 0. The quantitative estimate of drug-likeness (QED) is 0.472. The molecule has 0 atom stereocenters. The number of hydrogen-bond donors (Lipinski definition) is 0. The number of rotatable bonds is 8. The van der Waals surface area contributed by atoms with Crippen LogP contribution in [-0.4, -0.2) is 37.4 Å². The summed E-state index contributed by atoms with van der Waals surface area (Å²) >= 11 is 4.95. The van der Waals surface area contributed by atoms with Crippen LogP contribution in [0.5, 0.6) is 11.5 Å². The van der Waals surface area contributed by atoms with Crippen molar-refractivity contribution in [2.24, 2.45) is 4.99 Å². The van der Waals surface area contributed by atoms with E-state index in [1.165, 1.54) is 11.3 Å². The van der Waals surface area contributed by atoms with E-state index in [0.29, 0.717) is 36.1 Å². The highest BCUT2D eigenvalue weighted by atomic mass is 79.9. The van der Waals surface area contributed by atoms with E-state index in [0.717, 1.165) is 14.7 Å². The van der Waals surface area contributed by atoms with Gasteiger partial charge in [-0.25, -0.2) is 0 Å². The van der Waals surface area contributed by atoms with Gasteiger partial charge in [0.05, 0.1) is 23.9 Å². The molecule has 1 heterocycles. The van der Waals surface area contributed by atoms with Gasteiger partial charge in [0.2, 0.25) is 0 Å². The van der Waals surface area contributed by atoms with Gasteiger partial charge in [-0.3, -0.25) is 4.79 Å². The Bertz CT molecular complexity index is 1030. The molecule has 0 fully saturated rings. The minimum absolute atomic E-state index is 0.163. The molecular formula is C20H21BrN2O4S. The van der Waals surface area contributed by atoms with E-state index >= 15 is 0 Å². The predicted molar refractivity (Wildman–Crippen MR) is 113 cm³/mol. The first kappa shape index (κ1) is 20.6. The highest BCUT2D eigenvalue weighted by molar-refractivity contribution is 9.10. The maximum Gasteiger partial charge on any atom is 0.286 e. The Labute approximate surface area is 175 Å². The molecule has 0 spiro atoms. The van der Waals surface area contributed by atoms with Crippen LogP contribution in [0.4, 0.5) is 0 Å². The first-order chi connectivity index (χ1) is 13.6. The molecule has 3 rings (SSSR count). The summed E-state index contributed by atoms with van der Waals surface area (Å²) in [4.78, 5) is 17.3. The molecule has 148 valence electrons. The van der Waals surface area contributed by atoms with Crippen molar-refractivity contribution in [3.05, 3.63) is 51.7 Å². The topological polar surface area (TPSA) is 62.1 Å². The van der Waals surface area contributed by atoms with Gasteiger partial charge >= 0.3 is 0 Å². The van der Waals surface area contributed by atoms with Crippen LogP contribution in [0.2, 0.25) is 0 Å². The van der Waals surface area contributed by atoms with E-state index in [2.05, 4.69) is 20.9 Å². The second kappa shape index (κ2) is 9.86. The Kier molecular flexibility index (Phi) is 7.24. The number of methoxy groups -OCH3 is 1. The summed E-state index contributed by atoms with van der Waals surface area (Å²) in [5, 5.41) is 0. The molecule has 1 aromatic heterocycles. The Morgan fingerprint density at radius 3 is 2.75 bits per heavy atom. The van der Waals surface area contributed by atoms with Crippen molar-refractivity contribution >= 4 is 43.4 Å². The smallest absolute Gasteiger partial charge is 0.286 e. The minimum atomic E-state index is -0.360. The number of nitrogens with zero attached hydrogens (tertiary/aromatic N) is 2. The van der Waals surface area contributed by atoms with Crippen LogP contribution < -0.4 is 14.3 Å². The summed E-state index contributed by atoms with van der Waals surface area (Å²) in [6, 6.07) is 13.2. The zero-order valence-electron chi connectivity index (χ0n) is 15.7. The van der Waals surface area contributed by atoms with E-state index in [-0.39, 0.29) is 12.5 Å². The van der Waals surface area contributed by atoms with Crippen molar-refractivity contribution in [1.82, 2.24) is 4.57 Å². The summed E-state index contributed by atoms with van der Waals surface area (Å²) in [6.45, 7) is 3.61. The Balaban J connectivity index is 1.84. The van der Waals surface area contributed by atoms with Crippen LogP contribution in [0.25, 0.3) is 10.2 Å². The zero-order valence-corrected chi connectivity index (χ0v) is 18.1. The first-order valence-corrected chi connectivity index (χ1v) is 10.4. The van der Waals surface area contributed by atoms with Gasteiger partial charge in [-0.2, -0.15) is 4.99 Å². The van der Waals surface area contributed by atoms with Gasteiger partial charge < -0.3 is 18.8 Å². The monoisotopic (exact) mass is 464 g/mol. The summed E-state index contributed by atoms with van der Waals surface area (Å²) in [5.41, 5.74) is 1.02. The number of halogens is 1. The molecule has 2 aromatic carbocycles. The fourth-order valence-corrected chi connectivity index (χ4v) is 4.29. The molecule has 0 N–H and O–H groups in total. The van der Waals surface area contributed by atoms with E-state index in [1.54, 1.807) is 19.2 Å². The molecule has 6 nitrogen and oxygen atoms in total. The summed E-state index contributed by atoms with van der Waals surface area (Å²) < 4.78 is 20.3. The maximum absolute atomic E-state index is 12.4. The first-order valence-electron chi connectivity index (χ1n) is 8.82. The van der Waals surface area contributed by atoms with Crippen molar-refractivity contribution in [3.8, 4) is 11.5 Å². The number of fused-ring (bicyclic) bond motifs is 1. The van der Waals surface area contributed by atoms with Gasteiger partial charge in [0.15, 0.2) is 22.9 Å². The van der Waals surface area contributed by atoms with Crippen LogP contribution in [0, 0.1) is 0 Å². The Hall–Kier alpha value is -2.16. The summed E-state index contributed by atoms with van der Waals surface area (Å²) in [7, 11) is 1.56. The highest BCUT2D eigenvalue weighted by Crippen LogP contribution is 2.25. The van der Waals surface area contributed by atoms with E-state index in [9.17, 15) is 4.79 Å². The number of amides is 1.